The van der Waals surface area contributed by atoms with Gasteiger partial charge in [-0.3, -0.25) is 0 Å². The predicted octanol–water partition coefficient (Wildman–Crippen LogP) is 3.69. The summed E-state index contributed by atoms with van der Waals surface area (Å²) in [6, 6.07) is 13.2. The van der Waals surface area contributed by atoms with Gasteiger partial charge >= 0.3 is 0 Å². The molecule has 0 amide bonds. The van der Waals surface area contributed by atoms with E-state index in [9.17, 15) is 0 Å². The van der Waals surface area contributed by atoms with E-state index in [1.54, 1.807) is 0 Å². The number of ether oxygens (including phenoxy) is 8. The molecule has 11 heteroatoms. The molecule has 0 fully saturated rings. The van der Waals surface area contributed by atoms with Crippen molar-refractivity contribution in [1.29, 1.82) is 0 Å². The Morgan fingerprint density at radius 1 is 0.390 bits per heavy atom. The van der Waals surface area contributed by atoms with E-state index in [1.165, 1.54) is 10.4 Å². The van der Waals surface area contributed by atoms with E-state index in [0.29, 0.717) is 79.3 Å². The fourth-order valence-electron chi connectivity index (χ4n) is 5.25. The quantitative estimate of drug-likeness (QED) is 0.480. The summed E-state index contributed by atoms with van der Waals surface area (Å²) in [7, 11) is -5.71. The van der Waals surface area contributed by atoms with Crippen LogP contribution in [0, 0.1) is 0 Å². The minimum absolute atomic E-state index is 0.483. The normalized spacial score (nSPS) is 18.7. The van der Waals surface area contributed by atoms with Crippen molar-refractivity contribution >= 4 is 32.7 Å². The maximum absolute atomic E-state index is 6.21. The summed E-state index contributed by atoms with van der Waals surface area (Å²) in [5.41, 5.74) is 0. The molecule has 0 spiro atoms. The zero-order valence-corrected chi connectivity index (χ0v) is 28.7. The van der Waals surface area contributed by atoms with Crippen molar-refractivity contribution in [3.8, 4) is 23.0 Å². The summed E-state index contributed by atoms with van der Waals surface area (Å²) in [4.78, 5) is 0. The average molecular weight is 621 g/mol. The van der Waals surface area contributed by atoms with Gasteiger partial charge in [0.1, 0.15) is 26.4 Å². The molecule has 0 saturated carbocycles. The lowest BCUT2D eigenvalue weighted by Crippen LogP contribution is -2.78. The van der Waals surface area contributed by atoms with Gasteiger partial charge in [0.2, 0.25) is 0 Å². The van der Waals surface area contributed by atoms with Crippen LogP contribution in [0.5, 0.6) is 23.0 Å². The van der Waals surface area contributed by atoms with Gasteiger partial charge in [-0.15, -0.1) is 0 Å². The lowest BCUT2D eigenvalue weighted by atomic mass is 10.3. The highest BCUT2D eigenvalue weighted by Gasteiger charge is 2.54. The fraction of sp³-hybridized carbons (Fsp3) is 0.600. The van der Waals surface area contributed by atoms with Gasteiger partial charge in [0.15, 0.2) is 23.0 Å². The van der Waals surface area contributed by atoms with Gasteiger partial charge in [-0.1, -0.05) is 61.8 Å². The van der Waals surface area contributed by atoms with Crippen LogP contribution in [0.25, 0.3) is 0 Å². The molecule has 228 valence electrons. The Kier molecular flexibility index (Phi) is 11.4. The van der Waals surface area contributed by atoms with Crippen LogP contribution < -0.4 is 29.3 Å². The van der Waals surface area contributed by atoms with Crippen LogP contribution in [0.1, 0.15) is 0 Å². The molecule has 0 saturated heterocycles. The monoisotopic (exact) mass is 620 g/mol. The Hall–Kier alpha value is -1.87. The molecule has 8 nitrogen and oxygen atoms in total. The molecule has 0 N–H and O–H groups in total. The molecule has 2 aliphatic heterocycles. The summed E-state index contributed by atoms with van der Waals surface area (Å²) in [5, 5.41) is 2.81. The second-order valence-corrected chi connectivity index (χ2v) is 39.4. The highest BCUT2D eigenvalue weighted by atomic mass is 29.6. The van der Waals surface area contributed by atoms with E-state index in [2.05, 4.69) is 75.7 Å². The third kappa shape index (κ3) is 7.75. The van der Waals surface area contributed by atoms with E-state index in [1.807, 2.05) is 0 Å². The average Bonchev–Trinajstić information content (AvgIpc) is 2.93. The first-order valence-corrected chi connectivity index (χ1v) is 25.8. The van der Waals surface area contributed by atoms with Crippen LogP contribution >= 0.6 is 0 Å². The Morgan fingerprint density at radius 2 is 0.683 bits per heavy atom. The lowest BCUT2D eigenvalue weighted by Gasteiger charge is -2.49. The smallest absolute Gasteiger partial charge is 0.161 e. The van der Waals surface area contributed by atoms with E-state index >= 15 is 0 Å². The number of hydrogen-bond acceptors (Lipinski definition) is 8. The lowest BCUT2D eigenvalue weighted by molar-refractivity contribution is 0.0223. The molecule has 41 heavy (non-hydrogen) atoms. The van der Waals surface area contributed by atoms with E-state index < -0.39 is 22.3 Å². The minimum atomic E-state index is -1.93. The first kappa shape index (κ1) is 32.1. The molecule has 2 aliphatic rings. The van der Waals surface area contributed by atoms with Crippen molar-refractivity contribution in [3.63, 3.8) is 0 Å². The van der Waals surface area contributed by atoms with Crippen molar-refractivity contribution < 1.29 is 37.9 Å². The Balaban J connectivity index is 1.61. The molecule has 0 atom stereocenters. The van der Waals surface area contributed by atoms with Gasteiger partial charge in [0, 0.05) is 7.11 Å². The molecular weight excluding hydrogens is 573 g/mol. The third-order valence-corrected chi connectivity index (χ3v) is 50.6. The van der Waals surface area contributed by atoms with Crippen LogP contribution in [0.4, 0.5) is 0 Å². The summed E-state index contributed by atoms with van der Waals surface area (Å²) >= 11 is 0. The van der Waals surface area contributed by atoms with Crippen LogP contribution in [-0.4, -0.2) is 102 Å². The highest BCUT2D eigenvalue weighted by molar-refractivity contribution is 7.73. The maximum Gasteiger partial charge on any atom is 0.161 e. The van der Waals surface area contributed by atoms with E-state index in [0.717, 1.165) is 23.0 Å². The molecule has 0 aliphatic carbocycles. The summed E-state index contributed by atoms with van der Waals surface area (Å²) in [5.74, 6) is 3.14. The SMILES string of the molecule is C[Si](C)(c1ccc2c(c1)OCCOCCOCCO2)[Si](C)(C)[Si](C)(C)c1ccc2c(c1)OCCOCCOCCO2. The molecule has 2 aromatic rings. The van der Waals surface area contributed by atoms with Crippen LogP contribution in [0.2, 0.25) is 39.3 Å². The van der Waals surface area contributed by atoms with Crippen molar-refractivity contribution in [2.75, 3.05) is 79.3 Å². The number of hydrogen-bond donors (Lipinski definition) is 0. The largest absolute Gasteiger partial charge is 0.487 e. The first-order valence-electron chi connectivity index (χ1n) is 14.8. The Morgan fingerprint density at radius 3 is 1.02 bits per heavy atom. The van der Waals surface area contributed by atoms with E-state index in [4.69, 9.17) is 37.9 Å². The molecular formula is C30H48O8Si3. The van der Waals surface area contributed by atoms with Crippen molar-refractivity contribution in [3.05, 3.63) is 36.4 Å². The molecule has 2 heterocycles. The summed E-state index contributed by atoms with van der Waals surface area (Å²) in [6.45, 7) is 21.6. The Labute approximate surface area is 248 Å². The van der Waals surface area contributed by atoms with Gasteiger partial charge < -0.3 is 37.9 Å². The molecule has 0 bridgehead atoms. The van der Waals surface area contributed by atoms with Crippen molar-refractivity contribution in [1.82, 2.24) is 0 Å². The summed E-state index contributed by atoms with van der Waals surface area (Å²) < 4.78 is 47.0. The third-order valence-electron chi connectivity index (χ3n) is 9.14. The van der Waals surface area contributed by atoms with Gasteiger partial charge in [0.05, 0.1) is 68.0 Å². The van der Waals surface area contributed by atoms with E-state index in [-0.39, 0.29) is 0 Å². The van der Waals surface area contributed by atoms with Crippen LogP contribution in [0.3, 0.4) is 0 Å². The predicted molar refractivity (Wildman–Crippen MR) is 170 cm³/mol. The molecule has 0 radical (unpaired) electrons. The van der Waals surface area contributed by atoms with Crippen molar-refractivity contribution in [2.24, 2.45) is 0 Å². The van der Waals surface area contributed by atoms with Gasteiger partial charge in [-0.2, -0.15) is 0 Å². The van der Waals surface area contributed by atoms with Crippen LogP contribution in [0.15, 0.2) is 36.4 Å². The zero-order valence-electron chi connectivity index (χ0n) is 25.7. The second-order valence-electron chi connectivity index (χ2n) is 12.0. The van der Waals surface area contributed by atoms with Gasteiger partial charge in [-0.05, 0) is 24.3 Å². The number of fused-ring (bicyclic) bond motifs is 2. The Bertz CT molecular complexity index is 1040. The number of rotatable bonds is 4. The summed E-state index contributed by atoms with van der Waals surface area (Å²) in [6.07, 6.45) is 0. The van der Waals surface area contributed by atoms with Crippen LogP contribution in [-0.2, 0) is 18.9 Å². The topological polar surface area (TPSA) is 73.8 Å². The number of benzene rings is 2. The molecule has 4 rings (SSSR count). The fourth-order valence-corrected chi connectivity index (χ4v) is 36.8. The molecule has 2 aromatic carbocycles. The standard InChI is InChI=1S/C30H48O8Si3/c1-39(2,25-7-9-27-29(23-25)37-21-17-33-13-11-31-15-19-35-27)41(5,6)40(3,4)26-8-10-28-30(24-26)38-22-18-34-14-12-32-16-20-36-28/h7-10,23-24H,11-22H2,1-6H3. The van der Waals surface area contributed by atoms with Gasteiger partial charge in [-0.25, -0.2) is 0 Å². The maximum atomic E-state index is 6.21. The minimum Gasteiger partial charge on any atom is -0.487 e. The molecule has 0 unspecified atom stereocenters. The first-order chi connectivity index (χ1) is 19.6. The second kappa shape index (κ2) is 14.5. The highest BCUT2D eigenvalue weighted by Crippen LogP contribution is 2.34. The van der Waals surface area contributed by atoms with Gasteiger partial charge in [0.25, 0.3) is 0 Å². The zero-order chi connectivity index (χ0) is 29.3. The molecule has 0 aromatic heterocycles. The van der Waals surface area contributed by atoms with Crippen molar-refractivity contribution in [2.45, 2.75) is 39.3 Å².